The fourth-order valence-electron chi connectivity index (χ4n) is 1.90. The van der Waals surface area contributed by atoms with Gasteiger partial charge in [-0.25, -0.2) is 4.98 Å². The van der Waals surface area contributed by atoms with E-state index in [1.165, 1.54) is 17.3 Å². The van der Waals surface area contributed by atoms with Gasteiger partial charge in [0.05, 0.1) is 5.75 Å². The molecule has 0 fully saturated rings. The number of hydrogen-bond donors (Lipinski definition) is 1. The van der Waals surface area contributed by atoms with Crippen LogP contribution in [0.4, 0.5) is 5.69 Å². The van der Waals surface area contributed by atoms with Crippen molar-refractivity contribution in [2.24, 2.45) is 0 Å². The topological polar surface area (TPSA) is 42.0 Å². The monoisotopic (exact) mass is 306 g/mol. The summed E-state index contributed by atoms with van der Waals surface area (Å²) in [5, 5.41) is 5.02. The molecule has 0 aliphatic carbocycles. The first-order chi connectivity index (χ1) is 9.60. The van der Waals surface area contributed by atoms with Crippen LogP contribution < -0.4 is 5.32 Å². The van der Waals surface area contributed by atoms with Crippen LogP contribution in [0.2, 0.25) is 0 Å². The number of carbonyl (C=O) groups excluding carboxylic acids is 1. The van der Waals surface area contributed by atoms with Crippen LogP contribution in [0.3, 0.4) is 0 Å². The normalized spacial score (nSPS) is 10.6. The third kappa shape index (κ3) is 3.84. The summed E-state index contributed by atoms with van der Waals surface area (Å²) in [6.45, 7) is 6.07. The zero-order valence-electron chi connectivity index (χ0n) is 11.9. The van der Waals surface area contributed by atoms with Gasteiger partial charge in [-0.05, 0) is 31.4 Å². The molecule has 0 saturated heterocycles. The van der Waals surface area contributed by atoms with Gasteiger partial charge >= 0.3 is 0 Å². The number of hydrogen-bond acceptors (Lipinski definition) is 4. The molecule has 0 bridgehead atoms. The molecule has 2 rings (SSSR count). The van der Waals surface area contributed by atoms with E-state index in [0.717, 1.165) is 27.7 Å². The minimum absolute atomic E-state index is 0.0202. The Morgan fingerprint density at radius 3 is 2.85 bits per heavy atom. The van der Waals surface area contributed by atoms with E-state index in [2.05, 4.69) is 23.3 Å². The van der Waals surface area contributed by atoms with Crippen molar-refractivity contribution in [1.82, 2.24) is 4.98 Å². The zero-order chi connectivity index (χ0) is 14.5. The first kappa shape index (κ1) is 15.1. The number of anilines is 1. The molecule has 0 unspecified atom stereocenters. The maximum absolute atomic E-state index is 12.1. The Morgan fingerprint density at radius 1 is 1.40 bits per heavy atom. The highest BCUT2D eigenvalue weighted by molar-refractivity contribution is 8.01. The van der Waals surface area contributed by atoms with E-state index in [4.69, 9.17) is 0 Å². The molecular weight excluding hydrogens is 288 g/mol. The molecule has 1 aromatic carbocycles. The van der Waals surface area contributed by atoms with Crippen molar-refractivity contribution < 1.29 is 4.79 Å². The highest BCUT2D eigenvalue weighted by Gasteiger charge is 2.10. The van der Waals surface area contributed by atoms with Gasteiger partial charge in [-0.2, -0.15) is 0 Å². The largest absolute Gasteiger partial charge is 0.325 e. The Hall–Kier alpha value is -1.33. The van der Waals surface area contributed by atoms with Crippen LogP contribution in [0, 0.1) is 13.8 Å². The number of nitrogens with zero attached hydrogens (tertiary/aromatic N) is 1. The number of benzene rings is 1. The second-order valence-corrected chi connectivity index (χ2v) is 6.63. The second-order valence-electron chi connectivity index (χ2n) is 4.55. The molecule has 1 N–H and O–H groups in total. The van der Waals surface area contributed by atoms with Gasteiger partial charge in [-0.3, -0.25) is 4.79 Å². The first-order valence-corrected chi connectivity index (χ1v) is 8.40. The number of rotatable bonds is 5. The number of thioether (sulfide) groups is 1. The highest BCUT2D eigenvalue weighted by Crippen LogP contribution is 2.24. The van der Waals surface area contributed by atoms with Crippen LogP contribution >= 0.6 is 23.1 Å². The molecule has 0 saturated carbocycles. The number of nitrogens with one attached hydrogen (secondary N) is 1. The summed E-state index contributed by atoms with van der Waals surface area (Å²) in [7, 11) is 0. The molecule has 1 heterocycles. The molecule has 106 valence electrons. The zero-order valence-corrected chi connectivity index (χ0v) is 13.5. The number of aryl methyl sites for hydroxylation is 3. The van der Waals surface area contributed by atoms with Crippen molar-refractivity contribution in [1.29, 1.82) is 0 Å². The predicted octanol–water partition coefficient (Wildman–Crippen LogP) is 4.05. The molecule has 20 heavy (non-hydrogen) atoms. The fourth-order valence-corrected chi connectivity index (χ4v) is 3.55. The first-order valence-electron chi connectivity index (χ1n) is 6.53. The number of amides is 1. The van der Waals surface area contributed by atoms with E-state index >= 15 is 0 Å². The van der Waals surface area contributed by atoms with Gasteiger partial charge in [0.15, 0.2) is 4.34 Å². The summed E-state index contributed by atoms with van der Waals surface area (Å²) in [6, 6.07) is 6.10. The summed E-state index contributed by atoms with van der Waals surface area (Å²) >= 11 is 3.06. The van der Waals surface area contributed by atoms with E-state index in [-0.39, 0.29) is 5.91 Å². The van der Waals surface area contributed by atoms with Gasteiger partial charge in [0.1, 0.15) is 0 Å². The van der Waals surface area contributed by atoms with Crippen LogP contribution in [0.1, 0.15) is 23.7 Å². The lowest BCUT2D eigenvalue weighted by molar-refractivity contribution is -0.113. The average molecular weight is 306 g/mol. The minimum atomic E-state index is 0.0202. The van der Waals surface area contributed by atoms with Crippen molar-refractivity contribution in [3.05, 3.63) is 40.4 Å². The van der Waals surface area contributed by atoms with E-state index < -0.39 is 0 Å². The molecule has 2 aromatic rings. The lowest BCUT2D eigenvalue weighted by Crippen LogP contribution is -2.16. The van der Waals surface area contributed by atoms with E-state index in [0.29, 0.717) is 5.75 Å². The van der Waals surface area contributed by atoms with E-state index in [1.807, 2.05) is 31.4 Å². The Kier molecular flexibility index (Phi) is 5.20. The van der Waals surface area contributed by atoms with Crippen molar-refractivity contribution in [2.75, 3.05) is 11.1 Å². The third-order valence-corrected chi connectivity index (χ3v) is 5.07. The van der Waals surface area contributed by atoms with Crippen molar-refractivity contribution in [3.63, 3.8) is 0 Å². The molecule has 1 aromatic heterocycles. The molecule has 0 aliphatic rings. The van der Waals surface area contributed by atoms with Gasteiger partial charge < -0.3 is 5.32 Å². The van der Waals surface area contributed by atoms with Crippen molar-refractivity contribution in [2.45, 2.75) is 31.5 Å². The molecule has 0 atom stereocenters. The Morgan fingerprint density at radius 2 is 2.20 bits per heavy atom. The van der Waals surface area contributed by atoms with Crippen LogP contribution in [0.5, 0.6) is 0 Å². The maximum atomic E-state index is 12.1. The quantitative estimate of drug-likeness (QED) is 0.847. The van der Waals surface area contributed by atoms with Gasteiger partial charge in [-0.1, -0.05) is 36.9 Å². The van der Waals surface area contributed by atoms with Crippen molar-refractivity contribution >= 4 is 34.7 Å². The van der Waals surface area contributed by atoms with Gasteiger partial charge in [0, 0.05) is 16.8 Å². The highest BCUT2D eigenvalue weighted by atomic mass is 32.2. The summed E-state index contributed by atoms with van der Waals surface area (Å²) in [6.07, 6.45) is 0.913. The lowest BCUT2D eigenvalue weighted by atomic mass is 10.1. The second kappa shape index (κ2) is 6.90. The van der Waals surface area contributed by atoms with Crippen LogP contribution in [-0.2, 0) is 11.2 Å². The van der Waals surface area contributed by atoms with Crippen LogP contribution in [-0.4, -0.2) is 16.6 Å². The number of carbonyl (C=O) groups is 1. The lowest BCUT2D eigenvalue weighted by Gasteiger charge is -2.12. The van der Waals surface area contributed by atoms with E-state index in [1.54, 1.807) is 11.3 Å². The number of thiazole rings is 1. The predicted molar refractivity (Wildman–Crippen MR) is 86.8 cm³/mol. The third-order valence-electron chi connectivity index (χ3n) is 2.93. The minimum Gasteiger partial charge on any atom is -0.325 e. The SMILES string of the molecule is CCc1cccc(C)c1NC(=O)CSc1nc(C)cs1. The molecule has 5 heteroatoms. The van der Waals surface area contributed by atoms with Gasteiger partial charge in [0.2, 0.25) is 5.91 Å². The molecule has 0 aliphatic heterocycles. The number of aromatic nitrogens is 1. The fraction of sp³-hybridized carbons (Fsp3) is 0.333. The molecule has 0 radical (unpaired) electrons. The van der Waals surface area contributed by atoms with Gasteiger partial charge in [0.25, 0.3) is 0 Å². The number of para-hydroxylation sites is 1. The molecular formula is C15H18N2OS2. The summed E-state index contributed by atoms with van der Waals surface area (Å²) in [5.74, 6) is 0.414. The average Bonchev–Trinajstić information content (AvgIpc) is 2.84. The Labute approximate surface area is 127 Å². The molecule has 3 nitrogen and oxygen atoms in total. The maximum Gasteiger partial charge on any atom is 0.234 e. The van der Waals surface area contributed by atoms with Crippen LogP contribution in [0.25, 0.3) is 0 Å². The standard InChI is InChI=1S/C15H18N2OS2/c1-4-12-7-5-6-10(2)14(12)17-13(18)9-20-15-16-11(3)8-19-15/h5-8H,4,9H2,1-3H3,(H,17,18). The molecule has 1 amide bonds. The Bertz CT molecular complexity index is 608. The summed E-state index contributed by atoms with van der Waals surface area (Å²) < 4.78 is 0.943. The van der Waals surface area contributed by atoms with Crippen molar-refractivity contribution in [3.8, 4) is 0 Å². The van der Waals surface area contributed by atoms with E-state index in [9.17, 15) is 4.79 Å². The summed E-state index contributed by atoms with van der Waals surface area (Å²) in [4.78, 5) is 16.4. The summed E-state index contributed by atoms with van der Waals surface area (Å²) in [5.41, 5.74) is 4.24. The van der Waals surface area contributed by atoms with Crippen LogP contribution in [0.15, 0.2) is 27.9 Å². The Balaban J connectivity index is 1.98. The smallest absolute Gasteiger partial charge is 0.234 e. The molecule has 0 spiro atoms. The van der Waals surface area contributed by atoms with Gasteiger partial charge in [-0.15, -0.1) is 11.3 Å².